The molecule has 0 aromatic heterocycles. The van der Waals surface area contributed by atoms with Gasteiger partial charge in [-0.2, -0.15) is 8.78 Å². The quantitative estimate of drug-likeness (QED) is 0.393. The Bertz CT molecular complexity index is 553. The van der Waals surface area contributed by atoms with Crippen molar-refractivity contribution in [1.82, 2.24) is 0 Å². The maximum absolute atomic E-state index is 13.2. The number of esters is 1. The van der Waals surface area contributed by atoms with Crippen LogP contribution in [0.5, 0.6) is 0 Å². The highest BCUT2D eigenvalue weighted by Crippen LogP contribution is 2.30. The number of methoxy groups -OCH3 is 1. The van der Waals surface area contributed by atoms with E-state index in [1.165, 1.54) is 31.2 Å². The summed E-state index contributed by atoms with van der Waals surface area (Å²) in [4.78, 5) is 22.3. The number of benzene rings is 1. The third kappa shape index (κ3) is 4.62. The first-order valence-electron chi connectivity index (χ1n) is 5.49. The molecule has 4 nitrogen and oxygen atoms in total. The normalized spacial score (nSPS) is 11.9. The Balaban J connectivity index is 3.08. The van der Waals surface area contributed by atoms with E-state index < -0.39 is 17.0 Å². The number of ketones is 1. The molecule has 0 aliphatic carbocycles. The first-order chi connectivity index (χ1) is 9.24. The fourth-order valence-corrected chi connectivity index (χ4v) is 1.44. The van der Waals surface area contributed by atoms with Crippen LogP contribution in [-0.4, -0.2) is 24.2 Å². The van der Waals surface area contributed by atoms with Crippen molar-refractivity contribution in [3.8, 4) is 0 Å². The van der Waals surface area contributed by atoms with Crippen molar-refractivity contribution in [2.45, 2.75) is 12.3 Å². The van der Waals surface area contributed by atoms with Crippen LogP contribution in [0.2, 0.25) is 0 Å². The average molecular weight is 304 g/mol. The number of ether oxygens (including phenoxy) is 1. The highest BCUT2D eigenvalue weighted by Gasteiger charge is 2.32. The second-order valence-electron chi connectivity index (χ2n) is 3.84. The van der Waals surface area contributed by atoms with Crippen LogP contribution in [0.1, 0.15) is 17.3 Å². The molecule has 0 fully saturated rings. The number of alkyl halides is 3. The van der Waals surface area contributed by atoms with Crippen molar-refractivity contribution in [1.29, 1.82) is 0 Å². The number of allylic oxidation sites excluding steroid dienone is 1. The van der Waals surface area contributed by atoms with E-state index in [9.17, 15) is 18.4 Å². The molecule has 7 heteroatoms. The van der Waals surface area contributed by atoms with Gasteiger partial charge in [0.1, 0.15) is 5.70 Å². The van der Waals surface area contributed by atoms with Gasteiger partial charge in [-0.3, -0.25) is 4.79 Å². The first-order valence-corrected chi connectivity index (χ1v) is 5.86. The summed E-state index contributed by atoms with van der Waals surface area (Å²) in [6.45, 7) is 1.35. The Labute approximate surface area is 119 Å². The molecule has 20 heavy (non-hydrogen) atoms. The van der Waals surface area contributed by atoms with E-state index in [1.54, 1.807) is 0 Å². The van der Waals surface area contributed by atoms with E-state index in [2.05, 4.69) is 10.1 Å². The van der Waals surface area contributed by atoms with Crippen molar-refractivity contribution in [2.75, 3.05) is 12.4 Å². The molecular weight excluding hydrogens is 292 g/mol. The lowest BCUT2D eigenvalue weighted by Crippen LogP contribution is -2.20. The SMILES string of the molecule is COC(=O)/C=C(/Nc1cccc(C(C)=O)c1)C(F)(F)Cl. The van der Waals surface area contributed by atoms with E-state index in [1.807, 2.05) is 0 Å². The third-order valence-electron chi connectivity index (χ3n) is 2.32. The Kier molecular flexibility index (Phi) is 5.21. The molecule has 108 valence electrons. The molecule has 0 bridgehead atoms. The lowest BCUT2D eigenvalue weighted by molar-refractivity contribution is -0.135. The van der Waals surface area contributed by atoms with E-state index in [0.29, 0.717) is 11.6 Å². The summed E-state index contributed by atoms with van der Waals surface area (Å²) in [5.41, 5.74) is -0.301. The minimum atomic E-state index is -3.78. The second-order valence-corrected chi connectivity index (χ2v) is 4.32. The molecule has 0 spiro atoms. The molecular formula is C13H12ClF2NO3. The van der Waals surface area contributed by atoms with Crippen LogP contribution in [0, 0.1) is 0 Å². The smallest absolute Gasteiger partial charge is 0.362 e. The van der Waals surface area contributed by atoms with Gasteiger partial charge in [-0.15, -0.1) is 0 Å². The first kappa shape index (κ1) is 16.1. The largest absolute Gasteiger partial charge is 0.466 e. The summed E-state index contributed by atoms with van der Waals surface area (Å²) in [7, 11) is 1.05. The Morgan fingerprint density at radius 1 is 1.40 bits per heavy atom. The molecule has 0 saturated carbocycles. The fourth-order valence-electron chi connectivity index (χ4n) is 1.34. The van der Waals surface area contributed by atoms with Crippen LogP contribution < -0.4 is 5.32 Å². The number of rotatable bonds is 5. The van der Waals surface area contributed by atoms with Crippen LogP contribution in [0.3, 0.4) is 0 Å². The predicted molar refractivity (Wildman–Crippen MR) is 71.0 cm³/mol. The number of hydrogen-bond donors (Lipinski definition) is 1. The number of halogens is 3. The van der Waals surface area contributed by atoms with Crippen LogP contribution in [0.15, 0.2) is 36.0 Å². The zero-order valence-corrected chi connectivity index (χ0v) is 11.5. The summed E-state index contributed by atoms with van der Waals surface area (Å²) in [6.07, 6.45) is 0.549. The molecule has 1 aromatic carbocycles. The number of carbonyl (C=O) groups is 2. The summed E-state index contributed by atoms with van der Waals surface area (Å²) in [6, 6.07) is 5.88. The standard InChI is InChI=1S/C13H12ClF2NO3/c1-8(18)9-4-3-5-10(6-9)17-11(13(14,15)16)7-12(19)20-2/h3-7,17H,1-2H3/b11-7+. The number of anilines is 1. The van der Waals surface area contributed by atoms with Crippen molar-refractivity contribution in [3.63, 3.8) is 0 Å². The van der Waals surface area contributed by atoms with E-state index >= 15 is 0 Å². The number of nitrogens with one attached hydrogen (secondary N) is 1. The summed E-state index contributed by atoms with van der Waals surface area (Å²) < 4.78 is 30.7. The predicted octanol–water partition coefficient (Wildman–Crippen LogP) is 3.19. The summed E-state index contributed by atoms with van der Waals surface area (Å²) in [5, 5.41) is -1.47. The van der Waals surface area contributed by atoms with Gasteiger partial charge in [0, 0.05) is 11.3 Å². The topological polar surface area (TPSA) is 55.4 Å². The van der Waals surface area contributed by atoms with Crippen LogP contribution >= 0.6 is 11.6 Å². The molecule has 1 aromatic rings. The summed E-state index contributed by atoms with van der Waals surface area (Å²) >= 11 is 4.91. The van der Waals surface area contributed by atoms with Crippen LogP contribution in [-0.2, 0) is 9.53 Å². The third-order valence-corrected chi connectivity index (χ3v) is 2.52. The van der Waals surface area contributed by atoms with Crippen LogP contribution in [0.4, 0.5) is 14.5 Å². The van der Waals surface area contributed by atoms with E-state index in [4.69, 9.17) is 11.6 Å². The van der Waals surface area contributed by atoms with Crippen molar-refractivity contribution >= 4 is 29.0 Å². The van der Waals surface area contributed by atoms with Gasteiger partial charge in [-0.25, -0.2) is 4.79 Å². The van der Waals surface area contributed by atoms with Gasteiger partial charge in [-0.05, 0) is 30.7 Å². The monoisotopic (exact) mass is 303 g/mol. The molecule has 0 unspecified atom stereocenters. The zero-order valence-electron chi connectivity index (χ0n) is 10.7. The minimum absolute atomic E-state index is 0.202. The zero-order chi connectivity index (χ0) is 15.3. The molecule has 1 rings (SSSR count). The average Bonchev–Trinajstić information content (AvgIpc) is 2.37. The molecule has 1 N–H and O–H groups in total. The fraction of sp³-hybridized carbons (Fsp3) is 0.231. The Morgan fingerprint density at radius 3 is 2.55 bits per heavy atom. The highest BCUT2D eigenvalue weighted by atomic mass is 35.5. The van der Waals surface area contributed by atoms with E-state index in [-0.39, 0.29) is 11.5 Å². The Morgan fingerprint density at radius 2 is 2.05 bits per heavy atom. The van der Waals surface area contributed by atoms with Crippen molar-refractivity contribution in [3.05, 3.63) is 41.6 Å². The number of Topliss-reactive ketones (excluding diaryl/α,β-unsaturated/α-hetero) is 1. The van der Waals surface area contributed by atoms with Gasteiger partial charge in [-0.1, -0.05) is 12.1 Å². The molecule has 0 amide bonds. The number of hydrogen-bond acceptors (Lipinski definition) is 4. The molecule has 0 aliphatic heterocycles. The van der Waals surface area contributed by atoms with Gasteiger partial charge in [0.15, 0.2) is 5.78 Å². The van der Waals surface area contributed by atoms with Crippen molar-refractivity contribution < 1.29 is 23.1 Å². The van der Waals surface area contributed by atoms with Gasteiger partial charge < -0.3 is 10.1 Å². The minimum Gasteiger partial charge on any atom is -0.466 e. The van der Waals surface area contributed by atoms with Crippen molar-refractivity contribution in [2.24, 2.45) is 0 Å². The highest BCUT2D eigenvalue weighted by molar-refractivity contribution is 6.24. The molecule has 0 heterocycles. The molecule has 0 saturated heterocycles. The van der Waals surface area contributed by atoms with Gasteiger partial charge in [0.05, 0.1) is 13.2 Å². The molecule has 0 aliphatic rings. The summed E-state index contributed by atoms with van der Waals surface area (Å²) in [5.74, 6) is -1.19. The second kappa shape index (κ2) is 6.47. The Hall–Kier alpha value is -1.95. The lowest BCUT2D eigenvalue weighted by Gasteiger charge is -2.15. The van der Waals surface area contributed by atoms with Crippen LogP contribution in [0.25, 0.3) is 0 Å². The lowest BCUT2D eigenvalue weighted by atomic mass is 10.1. The molecule has 0 radical (unpaired) electrons. The van der Waals surface area contributed by atoms with Gasteiger partial charge in [0.25, 0.3) is 0 Å². The van der Waals surface area contributed by atoms with Gasteiger partial charge in [0.2, 0.25) is 0 Å². The number of carbonyl (C=O) groups excluding carboxylic acids is 2. The van der Waals surface area contributed by atoms with Gasteiger partial charge >= 0.3 is 11.4 Å². The molecule has 0 atom stereocenters. The maximum Gasteiger partial charge on any atom is 0.362 e. The van der Waals surface area contributed by atoms with E-state index in [0.717, 1.165) is 7.11 Å². The maximum atomic E-state index is 13.2.